The van der Waals surface area contributed by atoms with E-state index in [0.29, 0.717) is 25.7 Å². The molecule has 2 heterocycles. The molecule has 2 rings (SSSR count). The lowest BCUT2D eigenvalue weighted by Crippen LogP contribution is -2.52. The van der Waals surface area contributed by atoms with Crippen molar-refractivity contribution in [3.8, 4) is 0 Å². The molecule has 2 unspecified atom stereocenters. The molecule has 2 atom stereocenters. The van der Waals surface area contributed by atoms with Gasteiger partial charge < -0.3 is 25.0 Å². The molecule has 2 aliphatic rings. The number of carbonyl (C=O) groups is 1. The molecule has 0 radical (unpaired) electrons. The third-order valence-corrected chi connectivity index (χ3v) is 4.19. The van der Waals surface area contributed by atoms with E-state index in [1.807, 2.05) is 0 Å². The molecule has 138 valence electrons. The highest BCUT2D eigenvalue weighted by Crippen LogP contribution is 2.32. The van der Waals surface area contributed by atoms with Crippen LogP contribution in [0.4, 0.5) is 0 Å². The first-order chi connectivity index (χ1) is 11.0. The SMILES string of the molecule is C=CCNC(=NCC(=O)N(C)C)NC1CCOC2(CCOC2)C1.I. The second-order valence-electron chi connectivity index (χ2n) is 6.29. The van der Waals surface area contributed by atoms with E-state index in [1.165, 1.54) is 4.90 Å². The summed E-state index contributed by atoms with van der Waals surface area (Å²) in [6.07, 6.45) is 4.51. The molecule has 24 heavy (non-hydrogen) atoms. The maximum absolute atomic E-state index is 11.7. The van der Waals surface area contributed by atoms with Crippen molar-refractivity contribution < 1.29 is 14.3 Å². The first-order valence-corrected chi connectivity index (χ1v) is 8.12. The maximum atomic E-state index is 11.7. The topological polar surface area (TPSA) is 75.2 Å². The first-order valence-electron chi connectivity index (χ1n) is 8.12. The number of ether oxygens (including phenoxy) is 2. The lowest BCUT2D eigenvalue weighted by atomic mass is 9.90. The van der Waals surface area contributed by atoms with E-state index in [0.717, 1.165) is 25.9 Å². The molecule has 0 aromatic carbocycles. The lowest BCUT2D eigenvalue weighted by molar-refractivity contribution is -0.127. The summed E-state index contributed by atoms with van der Waals surface area (Å²) in [5, 5.41) is 6.59. The van der Waals surface area contributed by atoms with Gasteiger partial charge in [-0.25, -0.2) is 4.99 Å². The van der Waals surface area contributed by atoms with Gasteiger partial charge in [0.15, 0.2) is 5.96 Å². The van der Waals surface area contributed by atoms with Crippen molar-refractivity contribution in [2.24, 2.45) is 4.99 Å². The fourth-order valence-corrected chi connectivity index (χ4v) is 2.82. The Bertz CT molecular complexity index is 451. The van der Waals surface area contributed by atoms with Crippen LogP contribution in [0.2, 0.25) is 0 Å². The fraction of sp³-hybridized carbons (Fsp3) is 0.750. The molecule has 0 aromatic rings. The van der Waals surface area contributed by atoms with Gasteiger partial charge in [-0.1, -0.05) is 6.08 Å². The zero-order valence-corrected chi connectivity index (χ0v) is 16.9. The van der Waals surface area contributed by atoms with Crippen molar-refractivity contribution >= 4 is 35.8 Å². The number of nitrogens with one attached hydrogen (secondary N) is 2. The van der Waals surface area contributed by atoms with Crippen LogP contribution in [0.5, 0.6) is 0 Å². The molecule has 1 amide bonds. The number of aliphatic imine (C=N–C) groups is 1. The van der Waals surface area contributed by atoms with Crippen molar-refractivity contribution in [2.75, 3.05) is 47.0 Å². The van der Waals surface area contributed by atoms with Crippen molar-refractivity contribution in [1.29, 1.82) is 0 Å². The largest absolute Gasteiger partial charge is 0.378 e. The number of hydrogen-bond acceptors (Lipinski definition) is 4. The van der Waals surface area contributed by atoms with Crippen LogP contribution in [0.15, 0.2) is 17.6 Å². The highest BCUT2D eigenvalue weighted by Gasteiger charge is 2.41. The Labute approximate surface area is 161 Å². The Morgan fingerprint density at radius 1 is 1.46 bits per heavy atom. The Kier molecular flexibility index (Phi) is 8.99. The minimum atomic E-state index is -0.154. The second kappa shape index (κ2) is 10.2. The summed E-state index contributed by atoms with van der Waals surface area (Å²) in [6.45, 7) is 6.56. The molecule has 2 aliphatic heterocycles. The predicted molar refractivity (Wildman–Crippen MR) is 105 cm³/mol. The Morgan fingerprint density at radius 2 is 2.25 bits per heavy atom. The highest BCUT2D eigenvalue weighted by molar-refractivity contribution is 14.0. The van der Waals surface area contributed by atoms with Gasteiger partial charge in [-0.3, -0.25) is 4.79 Å². The first kappa shape index (κ1) is 21.2. The summed E-state index contributed by atoms with van der Waals surface area (Å²) in [7, 11) is 3.45. The van der Waals surface area contributed by atoms with Crippen molar-refractivity contribution in [2.45, 2.75) is 30.9 Å². The maximum Gasteiger partial charge on any atom is 0.243 e. The Hall–Kier alpha value is -0.870. The van der Waals surface area contributed by atoms with Crippen molar-refractivity contribution in [3.63, 3.8) is 0 Å². The van der Waals surface area contributed by atoms with Gasteiger partial charge in [0, 0.05) is 46.3 Å². The van der Waals surface area contributed by atoms with Crippen LogP contribution in [-0.2, 0) is 14.3 Å². The van der Waals surface area contributed by atoms with E-state index in [2.05, 4.69) is 22.2 Å². The lowest BCUT2D eigenvalue weighted by Gasteiger charge is -2.37. The van der Waals surface area contributed by atoms with E-state index in [1.54, 1.807) is 20.2 Å². The van der Waals surface area contributed by atoms with Crippen LogP contribution >= 0.6 is 24.0 Å². The number of nitrogens with zero attached hydrogens (tertiary/aromatic N) is 2. The van der Waals surface area contributed by atoms with Gasteiger partial charge in [0.05, 0.1) is 12.2 Å². The fourth-order valence-electron chi connectivity index (χ4n) is 2.82. The summed E-state index contributed by atoms with van der Waals surface area (Å²) >= 11 is 0. The predicted octanol–water partition coefficient (Wildman–Crippen LogP) is 0.752. The van der Waals surface area contributed by atoms with Gasteiger partial charge in [-0.05, 0) is 12.8 Å². The highest BCUT2D eigenvalue weighted by atomic mass is 127. The monoisotopic (exact) mass is 452 g/mol. The molecule has 2 saturated heterocycles. The third-order valence-electron chi connectivity index (χ3n) is 4.19. The number of carbonyl (C=O) groups excluding carboxylic acids is 1. The van der Waals surface area contributed by atoms with E-state index in [4.69, 9.17) is 9.47 Å². The van der Waals surface area contributed by atoms with Crippen molar-refractivity contribution in [3.05, 3.63) is 12.7 Å². The van der Waals surface area contributed by atoms with Gasteiger partial charge in [-0.2, -0.15) is 0 Å². The van der Waals surface area contributed by atoms with Crippen LogP contribution in [0.3, 0.4) is 0 Å². The Morgan fingerprint density at radius 3 is 2.88 bits per heavy atom. The van der Waals surface area contributed by atoms with E-state index < -0.39 is 0 Å². The van der Waals surface area contributed by atoms with E-state index in [-0.39, 0.29) is 48.1 Å². The van der Waals surface area contributed by atoms with E-state index >= 15 is 0 Å². The molecule has 0 saturated carbocycles. The zero-order chi connectivity index (χ0) is 16.7. The summed E-state index contributed by atoms with van der Waals surface area (Å²) < 4.78 is 11.4. The molecule has 2 N–H and O–H groups in total. The summed E-state index contributed by atoms with van der Waals surface area (Å²) in [6, 6.07) is 0.260. The van der Waals surface area contributed by atoms with Crippen LogP contribution in [-0.4, -0.2) is 75.4 Å². The molecule has 0 aromatic heterocycles. The van der Waals surface area contributed by atoms with Gasteiger partial charge >= 0.3 is 0 Å². The molecule has 7 nitrogen and oxygen atoms in total. The van der Waals surface area contributed by atoms with Gasteiger partial charge in [0.25, 0.3) is 0 Å². The molecule has 0 aliphatic carbocycles. The van der Waals surface area contributed by atoms with Gasteiger partial charge in [0.1, 0.15) is 6.54 Å². The van der Waals surface area contributed by atoms with Crippen LogP contribution in [0, 0.1) is 0 Å². The van der Waals surface area contributed by atoms with Crippen LogP contribution < -0.4 is 10.6 Å². The van der Waals surface area contributed by atoms with Gasteiger partial charge in [0.2, 0.25) is 5.91 Å². The van der Waals surface area contributed by atoms with Crippen LogP contribution in [0.1, 0.15) is 19.3 Å². The van der Waals surface area contributed by atoms with E-state index in [9.17, 15) is 4.79 Å². The minimum Gasteiger partial charge on any atom is -0.378 e. The average Bonchev–Trinajstić information content (AvgIpc) is 2.97. The average molecular weight is 452 g/mol. The number of likely N-dealkylation sites (N-methyl/N-ethyl adjacent to an activating group) is 1. The zero-order valence-electron chi connectivity index (χ0n) is 14.5. The number of guanidine groups is 1. The van der Waals surface area contributed by atoms with Crippen molar-refractivity contribution in [1.82, 2.24) is 15.5 Å². The summed E-state index contributed by atoms with van der Waals surface area (Å²) in [5.74, 6) is 0.610. The summed E-state index contributed by atoms with van der Waals surface area (Å²) in [4.78, 5) is 17.6. The number of halogens is 1. The quantitative estimate of drug-likeness (QED) is 0.279. The molecular weight excluding hydrogens is 423 g/mol. The number of hydrogen-bond donors (Lipinski definition) is 2. The normalized spacial score (nSPS) is 26.6. The molecule has 8 heteroatoms. The standard InChI is InChI=1S/C16H28N4O3.HI/c1-4-7-17-15(18-11-14(21)20(2)3)19-13-5-8-23-16(10-13)6-9-22-12-16;/h4,13H,1,5-12H2,2-3H3,(H2,17,18,19);1H. The Balaban J connectivity index is 0.00000288. The minimum absolute atomic E-state index is 0. The molecule has 0 bridgehead atoms. The smallest absolute Gasteiger partial charge is 0.243 e. The molecule has 1 spiro atoms. The summed E-state index contributed by atoms with van der Waals surface area (Å²) in [5.41, 5.74) is -0.154. The number of amides is 1. The molecule has 2 fully saturated rings. The third kappa shape index (κ3) is 6.21. The second-order valence-corrected chi connectivity index (χ2v) is 6.29. The number of rotatable bonds is 5. The molecular formula is C16H29IN4O3. The van der Waals surface area contributed by atoms with Gasteiger partial charge in [-0.15, -0.1) is 30.6 Å². The van der Waals surface area contributed by atoms with Crippen LogP contribution in [0.25, 0.3) is 0 Å².